The van der Waals surface area contributed by atoms with Crippen LogP contribution in [0.1, 0.15) is 19.8 Å². The molecule has 1 aliphatic heterocycles. The molecule has 0 bridgehead atoms. The first-order valence-electron chi connectivity index (χ1n) is 5.75. The van der Waals surface area contributed by atoms with Crippen molar-refractivity contribution in [2.24, 2.45) is 0 Å². The van der Waals surface area contributed by atoms with Crippen LogP contribution in [0.4, 0.5) is 5.82 Å². The van der Waals surface area contributed by atoms with Gasteiger partial charge in [-0.25, -0.2) is 9.97 Å². The van der Waals surface area contributed by atoms with Gasteiger partial charge >= 0.3 is 0 Å². The summed E-state index contributed by atoms with van der Waals surface area (Å²) in [5, 5.41) is 3.82. The van der Waals surface area contributed by atoms with E-state index in [4.69, 9.17) is 11.6 Å². The van der Waals surface area contributed by atoms with Crippen LogP contribution in [0, 0.1) is 0 Å². The minimum absolute atomic E-state index is 0.433. The highest BCUT2D eigenvalue weighted by Crippen LogP contribution is 2.19. The molecule has 1 saturated heterocycles. The zero-order chi connectivity index (χ0) is 11.4. The van der Waals surface area contributed by atoms with Crippen molar-refractivity contribution in [2.75, 3.05) is 25.0 Å². The highest BCUT2D eigenvalue weighted by Gasteiger charge is 2.19. The average Bonchev–Trinajstić information content (AvgIpc) is 2.32. The van der Waals surface area contributed by atoms with Crippen LogP contribution in [-0.4, -0.2) is 40.5 Å². The fraction of sp³-hybridized carbons (Fsp3) is 0.636. The van der Waals surface area contributed by atoms with Crippen LogP contribution in [0.25, 0.3) is 0 Å². The summed E-state index contributed by atoms with van der Waals surface area (Å²) in [4.78, 5) is 10.6. The Morgan fingerprint density at radius 1 is 1.50 bits per heavy atom. The number of piperidine rings is 1. The number of likely N-dealkylation sites (tertiary alicyclic amines) is 1. The van der Waals surface area contributed by atoms with Crippen LogP contribution in [0.2, 0.25) is 5.15 Å². The summed E-state index contributed by atoms with van der Waals surface area (Å²) < 4.78 is 0. The molecule has 0 aromatic carbocycles. The van der Waals surface area contributed by atoms with Crippen molar-refractivity contribution in [1.29, 1.82) is 0 Å². The van der Waals surface area contributed by atoms with Gasteiger partial charge in [-0.3, -0.25) is 0 Å². The molecule has 1 N–H and O–H groups in total. The Labute approximate surface area is 101 Å². The molecule has 0 radical (unpaired) electrons. The largest absolute Gasteiger partial charge is 0.363 e. The Morgan fingerprint density at radius 3 is 3.06 bits per heavy atom. The third-order valence-corrected chi connectivity index (χ3v) is 3.22. The lowest BCUT2D eigenvalue weighted by atomic mass is 10.1. The van der Waals surface area contributed by atoms with E-state index in [1.54, 1.807) is 12.4 Å². The third-order valence-electron chi connectivity index (χ3n) is 2.95. The summed E-state index contributed by atoms with van der Waals surface area (Å²) in [7, 11) is 0. The number of likely N-dealkylation sites (N-methyl/N-ethyl adjacent to an activating group) is 1. The molecule has 1 fully saturated rings. The molecule has 1 atom stereocenters. The maximum Gasteiger partial charge on any atom is 0.171 e. The number of hydrogen-bond donors (Lipinski definition) is 1. The van der Waals surface area contributed by atoms with Crippen molar-refractivity contribution < 1.29 is 0 Å². The van der Waals surface area contributed by atoms with Crippen molar-refractivity contribution in [3.8, 4) is 0 Å². The monoisotopic (exact) mass is 240 g/mol. The average molecular weight is 241 g/mol. The quantitative estimate of drug-likeness (QED) is 0.878. The van der Waals surface area contributed by atoms with Crippen molar-refractivity contribution >= 4 is 17.4 Å². The molecule has 0 saturated carbocycles. The highest BCUT2D eigenvalue weighted by molar-refractivity contribution is 6.31. The molecule has 1 aromatic heterocycles. The first-order chi connectivity index (χ1) is 7.79. The summed E-state index contributed by atoms with van der Waals surface area (Å²) in [6, 6.07) is 0.433. The van der Waals surface area contributed by atoms with Crippen molar-refractivity contribution in [2.45, 2.75) is 25.8 Å². The molecular formula is C11H17ClN4. The molecule has 0 aliphatic carbocycles. The van der Waals surface area contributed by atoms with Crippen molar-refractivity contribution in [3.05, 3.63) is 17.5 Å². The third kappa shape index (κ3) is 2.83. The van der Waals surface area contributed by atoms with Crippen LogP contribution in [0.3, 0.4) is 0 Å². The van der Waals surface area contributed by atoms with Gasteiger partial charge in [0, 0.05) is 25.0 Å². The standard InChI is InChI=1S/C11H17ClN4/c1-2-16-7-3-4-9(8-16)15-11-10(12)13-5-6-14-11/h5-6,9H,2-4,7-8H2,1H3,(H,14,15). The van der Waals surface area contributed by atoms with E-state index in [-0.39, 0.29) is 0 Å². The number of rotatable bonds is 3. The number of nitrogens with zero attached hydrogens (tertiary/aromatic N) is 3. The van der Waals surface area contributed by atoms with Crippen LogP contribution >= 0.6 is 11.6 Å². The van der Waals surface area contributed by atoms with Crippen LogP contribution in [-0.2, 0) is 0 Å². The van der Waals surface area contributed by atoms with E-state index in [0.717, 1.165) is 13.1 Å². The van der Waals surface area contributed by atoms with Gasteiger partial charge in [-0.1, -0.05) is 18.5 Å². The van der Waals surface area contributed by atoms with Gasteiger partial charge in [0.2, 0.25) is 0 Å². The van der Waals surface area contributed by atoms with Crippen LogP contribution in [0.5, 0.6) is 0 Å². The predicted molar refractivity (Wildman–Crippen MR) is 65.8 cm³/mol. The second-order valence-corrected chi connectivity index (χ2v) is 4.43. The maximum absolute atomic E-state index is 5.96. The van der Waals surface area contributed by atoms with Crippen molar-refractivity contribution in [1.82, 2.24) is 14.9 Å². The van der Waals surface area contributed by atoms with Crippen LogP contribution in [0.15, 0.2) is 12.4 Å². The smallest absolute Gasteiger partial charge is 0.171 e. The molecular weight excluding hydrogens is 224 g/mol. The molecule has 1 unspecified atom stereocenters. The molecule has 16 heavy (non-hydrogen) atoms. The van der Waals surface area contributed by atoms with Gasteiger partial charge in [0.1, 0.15) is 0 Å². The topological polar surface area (TPSA) is 41.0 Å². The number of hydrogen-bond acceptors (Lipinski definition) is 4. The van der Waals surface area contributed by atoms with Gasteiger partial charge in [0.15, 0.2) is 11.0 Å². The Balaban J connectivity index is 1.97. The second kappa shape index (κ2) is 5.46. The van der Waals surface area contributed by atoms with E-state index < -0.39 is 0 Å². The van der Waals surface area contributed by atoms with Gasteiger partial charge in [-0.2, -0.15) is 0 Å². The van der Waals surface area contributed by atoms with Gasteiger partial charge in [-0.05, 0) is 25.9 Å². The molecule has 1 aromatic rings. The Kier molecular flexibility index (Phi) is 3.96. The normalized spacial score (nSPS) is 22.0. The van der Waals surface area contributed by atoms with Gasteiger partial charge < -0.3 is 10.2 Å². The fourth-order valence-electron chi connectivity index (χ4n) is 2.07. The summed E-state index contributed by atoms with van der Waals surface area (Å²) in [5.74, 6) is 0.701. The lowest BCUT2D eigenvalue weighted by Crippen LogP contribution is -2.42. The highest BCUT2D eigenvalue weighted by atomic mass is 35.5. The van der Waals surface area contributed by atoms with Gasteiger partial charge in [0.25, 0.3) is 0 Å². The molecule has 1 aliphatic rings. The Hall–Kier alpha value is -0.870. The lowest BCUT2D eigenvalue weighted by molar-refractivity contribution is 0.226. The number of anilines is 1. The minimum Gasteiger partial charge on any atom is -0.363 e. The summed E-state index contributed by atoms with van der Waals surface area (Å²) >= 11 is 5.96. The Bertz CT molecular complexity index is 345. The first-order valence-corrected chi connectivity index (χ1v) is 6.12. The molecule has 0 amide bonds. The zero-order valence-corrected chi connectivity index (χ0v) is 10.2. The van der Waals surface area contributed by atoms with E-state index in [9.17, 15) is 0 Å². The van der Waals surface area contributed by atoms with Crippen LogP contribution < -0.4 is 5.32 Å². The number of nitrogens with one attached hydrogen (secondary N) is 1. The molecule has 4 nitrogen and oxygen atoms in total. The summed E-state index contributed by atoms with van der Waals surface area (Å²) in [6.45, 7) is 5.55. The van der Waals surface area contributed by atoms with E-state index in [2.05, 4.69) is 27.1 Å². The molecule has 2 rings (SSSR count). The fourth-order valence-corrected chi connectivity index (χ4v) is 2.23. The molecule has 88 valence electrons. The second-order valence-electron chi connectivity index (χ2n) is 4.07. The van der Waals surface area contributed by atoms with E-state index >= 15 is 0 Å². The Morgan fingerprint density at radius 2 is 2.31 bits per heavy atom. The predicted octanol–water partition coefficient (Wildman–Crippen LogP) is 2.03. The van der Waals surface area contributed by atoms with E-state index in [1.807, 2.05) is 0 Å². The summed E-state index contributed by atoms with van der Waals surface area (Å²) in [6.07, 6.45) is 5.66. The SMILES string of the molecule is CCN1CCCC(Nc2nccnc2Cl)C1. The van der Waals surface area contributed by atoms with E-state index in [0.29, 0.717) is 17.0 Å². The van der Waals surface area contributed by atoms with Gasteiger partial charge in [0.05, 0.1) is 0 Å². The number of aromatic nitrogens is 2. The lowest BCUT2D eigenvalue weighted by Gasteiger charge is -2.32. The summed E-state index contributed by atoms with van der Waals surface area (Å²) in [5.41, 5.74) is 0. The van der Waals surface area contributed by atoms with E-state index in [1.165, 1.54) is 19.4 Å². The number of halogens is 1. The molecule has 2 heterocycles. The first kappa shape index (κ1) is 11.6. The molecule has 0 spiro atoms. The van der Waals surface area contributed by atoms with Crippen molar-refractivity contribution in [3.63, 3.8) is 0 Å². The zero-order valence-electron chi connectivity index (χ0n) is 9.49. The maximum atomic E-state index is 5.96. The van der Waals surface area contributed by atoms with Gasteiger partial charge in [-0.15, -0.1) is 0 Å². The molecule has 5 heteroatoms. The minimum atomic E-state index is 0.433.